The molecule has 0 radical (unpaired) electrons. The van der Waals surface area contributed by atoms with Crippen LogP contribution in [0.15, 0.2) is 24.3 Å². The molecule has 0 amide bonds. The van der Waals surface area contributed by atoms with Crippen molar-refractivity contribution in [2.24, 2.45) is 11.1 Å². The molecule has 0 aromatic heterocycles. The van der Waals surface area contributed by atoms with Crippen LogP contribution < -0.4 is 10.5 Å². The molecule has 0 saturated heterocycles. The van der Waals surface area contributed by atoms with Crippen molar-refractivity contribution in [3.8, 4) is 5.75 Å². The molecule has 1 aliphatic rings. The molecular formula is C16H25NO. The second kappa shape index (κ2) is 5.75. The molecular weight excluding hydrogens is 222 g/mol. The fraction of sp³-hybridized carbons (Fsp3) is 0.625. The Balaban J connectivity index is 2.12. The molecule has 2 rings (SSSR count). The van der Waals surface area contributed by atoms with E-state index in [1.807, 2.05) is 12.1 Å². The minimum absolute atomic E-state index is 0.251. The summed E-state index contributed by atoms with van der Waals surface area (Å²) in [6.45, 7) is 2.29. The number of rotatable bonds is 5. The molecule has 0 heterocycles. The fourth-order valence-electron chi connectivity index (χ4n) is 3.39. The zero-order valence-electron chi connectivity index (χ0n) is 11.6. The van der Waals surface area contributed by atoms with Crippen molar-refractivity contribution in [1.82, 2.24) is 0 Å². The number of para-hydroxylation sites is 1. The lowest BCUT2D eigenvalue weighted by atomic mass is 9.74. The molecule has 100 valence electrons. The van der Waals surface area contributed by atoms with Gasteiger partial charge in [0.2, 0.25) is 0 Å². The quantitative estimate of drug-likeness (QED) is 0.863. The standard InChI is InChI=1S/C16H25NO/c1-3-16(10-6-7-11-16)15(17)12-13-8-4-5-9-14(13)18-2/h4-5,8-9,15H,3,6-7,10-12,17H2,1-2H3. The maximum atomic E-state index is 6.52. The van der Waals surface area contributed by atoms with Crippen LogP contribution in [-0.2, 0) is 6.42 Å². The molecule has 1 aromatic carbocycles. The summed E-state index contributed by atoms with van der Waals surface area (Å²) in [5, 5.41) is 0. The van der Waals surface area contributed by atoms with E-state index in [1.165, 1.54) is 37.7 Å². The number of benzene rings is 1. The van der Waals surface area contributed by atoms with Crippen molar-refractivity contribution in [2.45, 2.75) is 51.5 Å². The van der Waals surface area contributed by atoms with Gasteiger partial charge >= 0.3 is 0 Å². The highest BCUT2D eigenvalue weighted by Gasteiger charge is 2.37. The maximum absolute atomic E-state index is 6.52. The van der Waals surface area contributed by atoms with Crippen molar-refractivity contribution in [1.29, 1.82) is 0 Å². The van der Waals surface area contributed by atoms with Crippen molar-refractivity contribution in [2.75, 3.05) is 7.11 Å². The van der Waals surface area contributed by atoms with Crippen molar-refractivity contribution in [3.63, 3.8) is 0 Å². The smallest absolute Gasteiger partial charge is 0.122 e. The molecule has 2 heteroatoms. The Labute approximate surface area is 111 Å². The first-order valence-electron chi connectivity index (χ1n) is 7.09. The van der Waals surface area contributed by atoms with E-state index in [1.54, 1.807) is 7.11 Å². The molecule has 1 unspecified atom stereocenters. The monoisotopic (exact) mass is 247 g/mol. The Morgan fingerprint density at radius 1 is 1.28 bits per heavy atom. The number of methoxy groups -OCH3 is 1. The second-order valence-electron chi connectivity index (χ2n) is 5.55. The Kier molecular flexibility index (Phi) is 4.28. The lowest BCUT2D eigenvalue weighted by Crippen LogP contribution is -2.41. The molecule has 2 nitrogen and oxygen atoms in total. The van der Waals surface area contributed by atoms with Crippen molar-refractivity contribution >= 4 is 0 Å². The third kappa shape index (κ3) is 2.54. The van der Waals surface area contributed by atoms with E-state index >= 15 is 0 Å². The van der Waals surface area contributed by atoms with Crippen LogP contribution in [0.25, 0.3) is 0 Å². The van der Waals surface area contributed by atoms with Gasteiger partial charge in [0.05, 0.1) is 7.11 Å². The molecule has 2 N–H and O–H groups in total. The summed E-state index contributed by atoms with van der Waals surface area (Å²) < 4.78 is 5.42. The van der Waals surface area contributed by atoms with Gasteiger partial charge in [0, 0.05) is 6.04 Å². The highest BCUT2D eigenvalue weighted by atomic mass is 16.5. The molecule has 1 aromatic rings. The third-order valence-electron chi connectivity index (χ3n) is 4.72. The Hall–Kier alpha value is -1.02. The maximum Gasteiger partial charge on any atom is 0.122 e. The van der Waals surface area contributed by atoms with Gasteiger partial charge < -0.3 is 10.5 Å². The van der Waals surface area contributed by atoms with Gasteiger partial charge in [-0.1, -0.05) is 38.0 Å². The van der Waals surface area contributed by atoms with Gasteiger partial charge in [-0.15, -0.1) is 0 Å². The summed E-state index contributed by atoms with van der Waals surface area (Å²) in [6, 6.07) is 8.49. The Morgan fingerprint density at radius 2 is 1.94 bits per heavy atom. The van der Waals surface area contributed by atoms with E-state index in [9.17, 15) is 0 Å². The average Bonchev–Trinajstić information content (AvgIpc) is 2.89. The predicted octanol–water partition coefficient (Wildman–Crippen LogP) is 3.54. The lowest BCUT2D eigenvalue weighted by Gasteiger charge is -2.34. The van der Waals surface area contributed by atoms with Crippen LogP contribution >= 0.6 is 0 Å². The summed E-state index contributed by atoms with van der Waals surface area (Å²) in [5.41, 5.74) is 8.13. The minimum Gasteiger partial charge on any atom is -0.496 e. The van der Waals surface area contributed by atoms with Crippen LogP contribution in [0.5, 0.6) is 5.75 Å². The minimum atomic E-state index is 0.251. The van der Waals surface area contributed by atoms with Crippen LogP contribution in [0.2, 0.25) is 0 Å². The second-order valence-corrected chi connectivity index (χ2v) is 5.55. The fourth-order valence-corrected chi connectivity index (χ4v) is 3.39. The first kappa shape index (κ1) is 13.4. The first-order chi connectivity index (χ1) is 8.72. The van der Waals surface area contributed by atoms with E-state index in [0.717, 1.165) is 12.2 Å². The van der Waals surface area contributed by atoms with E-state index in [4.69, 9.17) is 10.5 Å². The van der Waals surface area contributed by atoms with Crippen molar-refractivity contribution < 1.29 is 4.74 Å². The summed E-state index contributed by atoms with van der Waals surface area (Å²) >= 11 is 0. The molecule has 0 bridgehead atoms. The number of ether oxygens (including phenoxy) is 1. The van der Waals surface area contributed by atoms with Crippen LogP contribution in [0, 0.1) is 5.41 Å². The van der Waals surface area contributed by atoms with Crippen LogP contribution in [0.1, 0.15) is 44.6 Å². The van der Waals surface area contributed by atoms with Crippen LogP contribution in [-0.4, -0.2) is 13.2 Å². The lowest BCUT2D eigenvalue weighted by molar-refractivity contribution is 0.217. The normalized spacial score (nSPS) is 19.7. The molecule has 1 saturated carbocycles. The largest absolute Gasteiger partial charge is 0.496 e. The SMILES string of the molecule is CCC1(C(N)Cc2ccccc2OC)CCCC1. The average molecular weight is 247 g/mol. The van der Waals surface area contributed by atoms with Gasteiger partial charge in [-0.25, -0.2) is 0 Å². The van der Waals surface area contributed by atoms with Gasteiger partial charge in [0.1, 0.15) is 5.75 Å². The molecule has 0 spiro atoms. The number of hydrogen-bond donors (Lipinski definition) is 1. The number of nitrogens with two attached hydrogens (primary N) is 1. The van der Waals surface area contributed by atoms with E-state index in [-0.39, 0.29) is 6.04 Å². The summed E-state index contributed by atoms with van der Waals surface area (Å²) in [7, 11) is 1.73. The van der Waals surface area contributed by atoms with Gasteiger partial charge in [-0.05, 0) is 42.7 Å². The highest BCUT2D eigenvalue weighted by Crippen LogP contribution is 2.44. The van der Waals surface area contributed by atoms with Gasteiger partial charge in [-0.3, -0.25) is 0 Å². The summed E-state index contributed by atoms with van der Waals surface area (Å²) in [5.74, 6) is 0.970. The van der Waals surface area contributed by atoms with Gasteiger partial charge in [0.25, 0.3) is 0 Å². The van der Waals surface area contributed by atoms with E-state index in [2.05, 4.69) is 19.1 Å². The topological polar surface area (TPSA) is 35.2 Å². The van der Waals surface area contributed by atoms with Crippen molar-refractivity contribution in [3.05, 3.63) is 29.8 Å². The molecule has 18 heavy (non-hydrogen) atoms. The molecule has 1 aliphatic carbocycles. The van der Waals surface area contributed by atoms with Crippen LogP contribution in [0.3, 0.4) is 0 Å². The van der Waals surface area contributed by atoms with Gasteiger partial charge in [-0.2, -0.15) is 0 Å². The Bertz CT molecular complexity index is 382. The summed E-state index contributed by atoms with van der Waals surface area (Å²) in [6.07, 6.45) is 7.39. The molecule has 1 fully saturated rings. The first-order valence-corrected chi connectivity index (χ1v) is 7.09. The molecule has 0 aliphatic heterocycles. The zero-order valence-corrected chi connectivity index (χ0v) is 11.6. The molecule has 1 atom stereocenters. The summed E-state index contributed by atoms with van der Waals surface area (Å²) in [4.78, 5) is 0. The number of hydrogen-bond acceptors (Lipinski definition) is 2. The Morgan fingerprint density at radius 3 is 2.56 bits per heavy atom. The van der Waals surface area contributed by atoms with E-state index < -0.39 is 0 Å². The predicted molar refractivity (Wildman–Crippen MR) is 75.9 cm³/mol. The van der Waals surface area contributed by atoms with E-state index in [0.29, 0.717) is 5.41 Å². The zero-order chi connectivity index (χ0) is 13.0. The van der Waals surface area contributed by atoms with Gasteiger partial charge in [0.15, 0.2) is 0 Å². The van der Waals surface area contributed by atoms with Crippen LogP contribution in [0.4, 0.5) is 0 Å². The highest BCUT2D eigenvalue weighted by molar-refractivity contribution is 5.34. The third-order valence-corrected chi connectivity index (χ3v) is 4.72.